The van der Waals surface area contributed by atoms with Crippen LogP contribution in [0.15, 0.2) is 64.0 Å². The molecule has 1 aromatic heterocycles. The first-order chi connectivity index (χ1) is 14.4. The van der Waals surface area contributed by atoms with E-state index in [4.69, 9.17) is 4.52 Å². The Morgan fingerprint density at radius 3 is 2.27 bits per heavy atom. The Balaban J connectivity index is 1.52. The molecule has 7 nitrogen and oxygen atoms in total. The summed E-state index contributed by atoms with van der Waals surface area (Å²) in [5.74, 6) is -0.314. The second kappa shape index (κ2) is 8.00. The molecular formula is C21H20FN3O4S. The molecule has 4 rings (SSSR count). The molecule has 0 radical (unpaired) electrons. The van der Waals surface area contributed by atoms with E-state index < -0.39 is 10.0 Å². The Kier molecular flexibility index (Phi) is 5.40. The summed E-state index contributed by atoms with van der Waals surface area (Å²) in [7, 11) is -3.60. The molecule has 1 fully saturated rings. The predicted molar refractivity (Wildman–Crippen MR) is 108 cm³/mol. The smallest absolute Gasteiger partial charge is 0.259 e. The quantitative estimate of drug-likeness (QED) is 0.637. The van der Waals surface area contributed by atoms with Crippen LogP contribution in [0.4, 0.5) is 4.39 Å². The van der Waals surface area contributed by atoms with Crippen molar-refractivity contribution in [1.82, 2.24) is 14.4 Å². The van der Waals surface area contributed by atoms with Crippen LogP contribution in [0.2, 0.25) is 0 Å². The van der Waals surface area contributed by atoms with Crippen molar-refractivity contribution in [2.24, 2.45) is 0 Å². The minimum absolute atomic E-state index is 0.194. The molecule has 0 atom stereocenters. The van der Waals surface area contributed by atoms with E-state index in [0.29, 0.717) is 22.6 Å². The molecule has 0 unspecified atom stereocenters. The molecule has 3 aromatic rings. The third-order valence-corrected chi connectivity index (χ3v) is 7.01. The molecule has 2 heterocycles. The highest BCUT2D eigenvalue weighted by molar-refractivity contribution is 7.89. The number of piperazine rings is 1. The molecule has 0 N–H and O–H groups in total. The van der Waals surface area contributed by atoms with E-state index in [1.54, 1.807) is 42.2 Å². The monoisotopic (exact) mass is 429 g/mol. The number of hydrogen-bond donors (Lipinski definition) is 0. The Labute approximate surface area is 173 Å². The Morgan fingerprint density at radius 1 is 1.00 bits per heavy atom. The molecule has 9 heteroatoms. The van der Waals surface area contributed by atoms with Gasteiger partial charge in [0.25, 0.3) is 5.91 Å². The maximum atomic E-state index is 13.2. The van der Waals surface area contributed by atoms with E-state index in [1.165, 1.54) is 28.6 Å². The number of carbonyl (C=O) groups excluding carboxylic acids is 1. The van der Waals surface area contributed by atoms with Crippen molar-refractivity contribution in [3.8, 4) is 11.3 Å². The second-order valence-corrected chi connectivity index (χ2v) is 8.92. The number of sulfonamides is 1. The first-order valence-corrected chi connectivity index (χ1v) is 10.9. The van der Waals surface area contributed by atoms with Crippen LogP contribution in [0.3, 0.4) is 0 Å². The van der Waals surface area contributed by atoms with Gasteiger partial charge in [-0.15, -0.1) is 0 Å². The Morgan fingerprint density at radius 2 is 1.63 bits per heavy atom. The summed E-state index contributed by atoms with van der Waals surface area (Å²) in [4.78, 5) is 15.0. The van der Waals surface area contributed by atoms with Crippen molar-refractivity contribution < 1.29 is 22.1 Å². The predicted octanol–water partition coefficient (Wildman–Crippen LogP) is 2.94. The van der Waals surface area contributed by atoms with Gasteiger partial charge in [0.05, 0.1) is 4.90 Å². The zero-order valence-corrected chi connectivity index (χ0v) is 17.1. The van der Waals surface area contributed by atoms with Crippen molar-refractivity contribution in [1.29, 1.82) is 0 Å². The minimum Gasteiger partial charge on any atom is -0.360 e. The number of benzene rings is 2. The van der Waals surface area contributed by atoms with Crippen LogP contribution in [0.1, 0.15) is 16.1 Å². The summed E-state index contributed by atoms with van der Waals surface area (Å²) in [6, 6.07) is 13.9. The van der Waals surface area contributed by atoms with E-state index in [0.717, 1.165) is 0 Å². The maximum Gasteiger partial charge on any atom is 0.259 e. The van der Waals surface area contributed by atoms with Crippen LogP contribution < -0.4 is 0 Å². The summed E-state index contributed by atoms with van der Waals surface area (Å²) >= 11 is 0. The van der Waals surface area contributed by atoms with Crippen LogP contribution >= 0.6 is 0 Å². The number of hydrogen-bond acceptors (Lipinski definition) is 5. The highest BCUT2D eigenvalue weighted by Gasteiger charge is 2.32. The second-order valence-electron chi connectivity index (χ2n) is 6.98. The van der Waals surface area contributed by atoms with E-state index in [1.807, 2.05) is 0 Å². The lowest BCUT2D eigenvalue weighted by atomic mass is 10.0. The molecule has 2 aromatic carbocycles. The minimum atomic E-state index is -3.60. The van der Waals surface area contributed by atoms with Crippen molar-refractivity contribution >= 4 is 15.9 Å². The highest BCUT2D eigenvalue weighted by Crippen LogP contribution is 2.27. The third-order valence-electron chi connectivity index (χ3n) is 5.10. The topological polar surface area (TPSA) is 83.7 Å². The molecule has 1 aliphatic rings. The van der Waals surface area contributed by atoms with Gasteiger partial charge in [-0.3, -0.25) is 4.79 Å². The fraction of sp³-hybridized carbons (Fsp3) is 0.238. The summed E-state index contributed by atoms with van der Waals surface area (Å²) in [5, 5.41) is 3.97. The van der Waals surface area contributed by atoms with Gasteiger partial charge in [-0.1, -0.05) is 23.4 Å². The fourth-order valence-electron chi connectivity index (χ4n) is 3.46. The molecule has 30 heavy (non-hydrogen) atoms. The Hall–Kier alpha value is -3.04. The van der Waals surface area contributed by atoms with Crippen LogP contribution in [0, 0.1) is 12.7 Å². The lowest BCUT2D eigenvalue weighted by Gasteiger charge is -2.34. The summed E-state index contributed by atoms with van der Waals surface area (Å²) in [6.45, 7) is 2.53. The zero-order chi connectivity index (χ0) is 21.3. The normalized spacial score (nSPS) is 15.3. The molecule has 0 bridgehead atoms. The van der Waals surface area contributed by atoms with Gasteiger partial charge in [0.1, 0.15) is 22.8 Å². The number of amides is 1. The van der Waals surface area contributed by atoms with Crippen LogP contribution in [0.5, 0.6) is 0 Å². The van der Waals surface area contributed by atoms with E-state index in [9.17, 15) is 17.6 Å². The number of nitrogens with zero attached hydrogens (tertiary/aromatic N) is 3. The molecule has 0 spiro atoms. The van der Waals surface area contributed by atoms with Crippen LogP contribution in [0.25, 0.3) is 11.3 Å². The van der Waals surface area contributed by atoms with E-state index in [2.05, 4.69) is 5.16 Å². The van der Waals surface area contributed by atoms with Crippen molar-refractivity contribution in [3.63, 3.8) is 0 Å². The Bertz CT molecular complexity index is 1150. The first kappa shape index (κ1) is 20.2. The number of aromatic nitrogens is 1. The molecule has 156 valence electrons. The average molecular weight is 429 g/mol. The lowest BCUT2D eigenvalue weighted by Crippen LogP contribution is -2.50. The number of carbonyl (C=O) groups is 1. The SMILES string of the molecule is Cc1onc(-c2ccc(F)cc2)c1C(=O)N1CCN(S(=O)(=O)c2ccccc2)CC1. The van der Waals surface area contributed by atoms with Gasteiger partial charge in [0.2, 0.25) is 10.0 Å². The van der Waals surface area contributed by atoms with E-state index in [-0.39, 0.29) is 42.8 Å². The lowest BCUT2D eigenvalue weighted by molar-refractivity contribution is 0.0696. The largest absolute Gasteiger partial charge is 0.360 e. The fourth-order valence-corrected chi connectivity index (χ4v) is 4.90. The zero-order valence-electron chi connectivity index (χ0n) is 16.3. The van der Waals surface area contributed by atoms with E-state index >= 15 is 0 Å². The highest BCUT2D eigenvalue weighted by atomic mass is 32.2. The van der Waals surface area contributed by atoms with Gasteiger partial charge < -0.3 is 9.42 Å². The van der Waals surface area contributed by atoms with Crippen molar-refractivity contribution in [3.05, 3.63) is 71.7 Å². The molecule has 1 aliphatic heterocycles. The first-order valence-electron chi connectivity index (χ1n) is 9.44. The molecule has 1 saturated heterocycles. The van der Waals surface area contributed by atoms with Gasteiger partial charge in [0.15, 0.2) is 0 Å². The van der Waals surface area contributed by atoms with Gasteiger partial charge >= 0.3 is 0 Å². The molecule has 0 aliphatic carbocycles. The van der Waals surface area contributed by atoms with Gasteiger partial charge in [-0.2, -0.15) is 4.31 Å². The number of halogens is 1. The number of aryl methyl sites for hydroxylation is 1. The summed E-state index contributed by atoms with van der Waals surface area (Å²) in [6.07, 6.45) is 0. The molecule has 0 saturated carbocycles. The van der Waals surface area contributed by atoms with Gasteiger partial charge in [-0.25, -0.2) is 12.8 Å². The average Bonchev–Trinajstić information content (AvgIpc) is 3.16. The summed E-state index contributed by atoms with van der Waals surface area (Å²) in [5.41, 5.74) is 1.22. The van der Waals surface area contributed by atoms with Crippen molar-refractivity contribution in [2.75, 3.05) is 26.2 Å². The number of rotatable bonds is 4. The molecule has 1 amide bonds. The van der Waals surface area contributed by atoms with Gasteiger partial charge in [-0.05, 0) is 43.3 Å². The van der Waals surface area contributed by atoms with Crippen LogP contribution in [-0.4, -0.2) is 54.9 Å². The third kappa shape index (κ3) is 3.73. The van der Waals surface area contributed by atoms with Crippen LogP contribution in [-0.2, 0) is 10.0 Å². The van der Waals surface area contributed by atoms with Gasteiger partial charge in [0, 0.05) is 31.7 Å². The standard InChI is InChI=1S/C21H20FN3O4S/c1-15-19(20(23-29-15)16-7-9-17(22)10-8-16)21(26)24-11-13-25(14-12-24)30(27,28)18-5-3-2-4-6-18/h2-10H,11-14H2,1H3. The van der Waals surface area contributed by atoms with Crippen molar-refractivity contribution in [2.45, 2.75) is 11.8 Å². The summed E-state index contributed by atoms with van der Waals surface area (Å²) < 4.78 is 45.4. The molecular weight excluding hydrogens is 409 g/mol. The maximum absolute atomic E-state index is 13.2.